The molecule has 5 unspecified atom stereocenters. The van der Waals surface area contributed by atoms with Crippen molar-refractivity contribution in [1.29, 1.82) is 0 Å². The van der Waals surface area contributed by atoms with Gasteiger partial charge in [0.1, 0.15) is 0 Å². The minimum Gasteiger partial charge on any atom is -0.316 e. The van der Waals surface area contributed by atoms with Crippen LogP contribution in [0.1, 0.15) is 66.2 Å². The van der Waals surface area contributed by atoms with Crippen LogP contribution in [0.2, 0.25) is 0 Å². The molecule has 0 aromatic carbocycles. The molecule has 1 aliphatic heterocycles. The molecule has 1 N–H and O–H groups in total. The van der Waals surface area contributed by atoms with Crippen molar-refractivity contribution < 1.29 is 0 Å². The summed E-state index contributed by atoms with van der Waals surface area (Å²) in [5, 5.41) is 4.07. The first-order valence-corrected chi connectivity index (χ1v) is 8.46. The zero-order valence-electron chi connectivity index (χ0n) is 12.8. The van der Waals surface area contributed by atoms with E-state index in [0.717, 1.165) is 5.92 Å². The van der Waals surface area contributed by atoms with E-state index < -0.39 is 0 Å². The summed E-state index contributed by atoms with van der Waals surface area (Å²) < 4.78 is 0. The predicted octanol–water partition coefficient (Wildman–Crippen LogP) is 4.23. The number of fused-ring (bicyclic) bond motifs is 1. The van der Waals surface area contributed by atoms with Gasteiger partial charge in [0.05, 0.1) is 0 Å². The maximum absolute atomic E-state index is 3.64. The van der Waals surface area contributed by atoms with Gasteiger partial charge < -0.3 is 5.32 Å². The van der Waals surface area contributed by atoms with Gasteiger partial charge in [-0.1, -0.05) is 40.5 Å². The van der Waals surface area contributed by atoms with Crippen LogP contribution in [0.15, 0.2) is 0 Å². The third kappa shape index (κ3) is 2.50. The fourth-order valence-corrected chi connectivity index (χ4v) is 5.64. The Hall–Kier alpha value is 0.390. The molecule has 1 saturated heterocycles. The molecule has 0 aromatic heterocycles. The minimum absolute atomic E-state index is 0.434. The Morgan fingerprint density at radius 3 is 2.33 bits per heavy atom. The van der Waals surface area contributed by atoms with Gasteiger partial charge in [-0.05, 0) is 54.1 Å². The SMILES string of the molecule is CCCC(C)(P)CC(C)(CCC)C12CNCC1C2. The first-order chi connectivity index (χ1) is 8.39. The van der Waals surface area contributed by atoms with Crippen molar-refractivity contribution in [3.8, 4) is 0 Å². The van der Waals surface area contributed by atoms with Crippen LogP contribution < -0.4 is 5.32 Å². The van der Waals surface area contributed by atoms with E-state index in [2.05, 4.69) is 42.3 Å². The van der Waals surface area contributed by atoms with Gasteiger partial charge in [0.2, 0.25) is 0 Å². The van der Waals surface area contributed by atoms with Crippen molar-refractivity contribution in [2.75, 3.05) is 13.1 Å². The van der Waals surface area contributed by atoms with Crippen LogP contribution in [0, 0.1) is 16.7 Å². The summed E-state index contributed by atoms with van der Waals surface area (Å²) in [6.07, 6.45) is 8.24. The van der Waals surface area contributed by atoms with E-state index in [1.54, 1.807) is 0 Å². The van der Waals surface area contributed by atoms with Gasteiger partial charge in [-0.3, -0.25) is 0 Å². The summed E-state index contributed by atoms with van der Waals surface area (Å²) in [5.74, 6) is 0.983. The van der Waals surface area contributed by atoms with Crippen LogP contribution in [0.5, 0.6) is 0 Å². The van der Waals surface area contributed by atoms with Crippen LogP contribution in [-0.4, -0.2) is 18.2 Å². The van der Waals surface area contributed by atoms with Crippen LogP contribution in [0.3, 0.4) is 0 Å². The van der Waals surface area contributed by atoms with Gasteiger partial charge in [0.25, 0.3) is 0 Å². The maximum atomic E-state index is 3.64. The highest BCUT2D eigenvalue weighted by atomic mass is 31.0. The van der Waals surface area contributed by atoms with E-state index in [1.165, 1.54) is 51.6 Å². The van der Waals surface area contributed by atoms with Crippen LogP contribution >= 0.6 is 9.24 Å². The lowest BCUT2D eigenvalue weighted by Crippen LogP contribution is -2.39. The lowest BCUT2D eigenvalue weighted by atomic mass is 9.65. The summed E-state index contributed by atoms with van der Waals surface area (Å²) in [6, 6.07) is 0. The Kier molecular flexibility index (Phi) is 4.16. The summed E-state index contributed by atoms with van der Waals surface area (Å²) >= 11 is 0. The van der Waals surface area contributed by atoms with E-state index in [4.69, 9.17) is 0 Å². The van der Waals surface area contributed by atoms with Crippen molar-refractivity contribution in [3.63, 3.8) is 0 Å². The lowest BCUT2D eigenvalue weighted by Gasteiger charge is -2.43. The number of hydrogen-bond donors (Lipinski definition) is 1. The van der Waals surface area contributed by atoms with Gasteiger partial charge >= 0.3 is 0 Å². The molecule has 1 heterocycles. The molecule has 106 valence electrons. The Morgan fingerprint density at radius 1 is 1.22 bits per heavy atom. The minimum atomic E-state index is 0.434. The Bertz CT molecular complexity index is 301. The topological polar surface area (TPSA) is 12.0 Å². The molecule has 2 aliphatic rings. The molecule has 0 amide bonds. The normalized spacial score (nSPS) is 36.8. The van der Waals surface area contributed by atoms with Crippen molar-refractivity contribution in [2.24, 2.45) is 16.7 Å². The van der Waals surface area contributed by atoms with Gasteiger partial charge in [-0.25, -0.2) is 0 Å². The average Bonchev–Trinajstić information content (AvgIpc) is 2.82. The summed E-state index contributed by atoms with van der Waals surface area (Å²) in [4.78, 5) is 0. The van der Waals surface area contributed by atoms with E-state index in [1.807, 2.05) is 0 Å². The zero-order chi connectivity index (χ0) is 13.4. The van der Waals surface area contributed by atoms with E-state index in [-0.39, 0.29) is 0 Å². The molecular formula is C16H32NP. The Morgan fingerprint density at radius 2 is 1.89 bits per heavy atom. The highest BCUT2D eigenvalue weighted by molar-refractivity contribution is 7.18. The standard InChI is InChI=1S/C16H32NP/c1-5-7-14(3,11-15(4,18)8-6-2)16-9-13(16)10-17-12-16/h13,17H,5-12,18H2,1-4H3. The molecule has 18 heavy (non-hydrogen) atoms. The van der Waals surface area contributed by atoms with Crippen LogP contribution in [0.4, 0.5) is 0 Å². The van der Waals surface area contributed by atoms with E-state index in [9.17, 15) is 0 Å². The monoisotopic (exact) mass is 269 g/mol. The third-order valence-corrected chi connectivity index (χ3v) is 6.17. The second kappa shape index (κ2) is 5.06. The summed E-state index contributed by atoms with van der Waals surface area (Å²) in [6.45, 7) is 12.3. The first kappa shape index (κ1) is 14.8. The molecule has 2 heteroatoms. The number of hydrogen-bond acceptors (Lipinski definition) is 1. The van der Waals surface area contributed by atoms with Gasteiger partial charge in [0.15, 0.2) is 0 Å². The number of rotatable bonds is 7. The van der Waals surface area contributed by atoms with Gasteiger partial charge in [-0.2, -0.15) is 0 Å². The van der Waals surface area contributed by atoms with E-state index in [0.29, 0.717) is 16.0 Å². The van der Waals surface area contributed by atoms with Crippen molar-refractivity contribution in [2.45, 2.75) is 71.4 Å². The fraction of sp³-hybridized carbons (Fsp3) is 1.00. The number of piperidine rings is 1. The highest BCUT2D eigenvalue weighted by Gasteiger charge is 2.66. The second-order valence-electron chi connectivity index (χ2n) is 7.58. The zero-order valence-corrected chi connectivity index (χ0v) is 14.0. The highest BCUT2D eigenvalue weighted by Crippen LogP contribution is 2.69. The van der Waals surface area contributed by atoms with E-state index >= 15 is 0 Å². The van der Waals surface area contributed by atoms with Crippen LogP contribution in [-0.2, 0) is 0 Å². The first-order valence-electron chi connectivity index (χ1n) is 7.89. The van der Waals surface area contributed by atoms with Crippen LogP contribution in [0.25, 0.3) is 0 Å². The third-order valence-electron chi connectivity index (χ3n) is 5.68. The molecular weight excluding hydrogens is 237 g/mol. The van der Waals surface area contributed by atoms with Crippen molar-refractivity contribution in [3.05, 3.63) is 0 Å². The summed E-state index contributed by atoms with van der Waals surface area (Å²) in [5.41, 5.74) is 1.19. The average molecular weight is 269 g/mol. The predicted molar refractivity (Wildman–Crippen MR) is 84.1 cm³/mol. The largest absolute Gasteiger partial charge is 0.316 e. The molecule has 5 atom stereocenters. The fourth-order valence-electron chi connectivity index (χ4n) is 4.90. The lowest BCUT2D eigenvalue weighted by molar-refractivity contribution is 0.113. The Labute approximate surface area is 116 Å². The molecule has 1 aliphatic carbocycles. The molecule has 0 radical (unpaired) electrons. The molecule has 0 spiro atoms. The van der Waals surface area contributed by atoms with Gasteiger partial charge in [0, 0.05) is 6.54 Å². The molecule has 1 nitrogen and oxygen atoms in total. The quantitative estimate of drug-likeness (QED) is 0.682. The molecule has 1 saturated carbocycles. The molecule has 2 rings (SSSR count). The molecule has 0 bridgehead atoms. The smallest absolute Gasteiger partial charge is 0.00164 e. The number of nitrogens with one attached hydrogen (secondary N) is 1. The van der Waals surface area contributed by atoms with Crippen molar-refractivity contribution >= 4 is 9.24 Å². The van der Waals surface area contributed by atoms with Crippen molar-refractivity contribution in [1.82, 2.24) is 5.32 Å². The maximum Gasteiger partial charge on any atom is 0.00164 e. The summed E-state index contributed by atoms with van der Waals surface area (Å²) in [7, 11) is 3.17. The Balaban J connectivity index is 2.12. The van der Waals surface area contributed by atoms with Gasteiger partial charge in [-0.15, -0.1) is 9.24 Å². The molecule has 0 aromatic rings. The molecule has 2 fully saturated rings. The second-order valence-corrected chi connectivity index (χ2v) is 8.97.